The molecule has 0 aromatic heterocycles. The summed E-state index contributed by atoms with van der Waals surface area (Å²) in [7, 11) is 0. The molecule has 0 spiro atoms. The molecule has 2 unspecified atom stereocenters. The third-order valence-corrected chi connectivity index (χ3v) is 6.30. The van der Waals surface area contributed by atoms with Gasteiger partial charge in [0.1, 0.15) is 17.7 Å². The summed E-state index contributed by atoms with van der Waals surface area (Å²) < 4.78 is 5.41. The first-order valence-electron chi connectivity index (χ1n) is 12.3. The highest BCUT2D eigenvalue weighted by Gasteiger charge is 2.36. The second-order valence-electron chi connectivity index (χ2n) is 9.82. The van der Waals surface area contributed by atoms with E-state index in [1.807, 2.05) is 68.6 Å². The largest absolute Gasteiger partial charge is 0.444 e. The molecule has 8 heteroatoms. The molecular formula is C29H39N3O4S. The predicted molar refractivity (Wildman–Crippen MR) is 152 cm³/mol. The maximum atomic E-state index is 14.0. The lowest BCUT2D eigenvalue weighted by Gasteiger charge is -2.34. The molecule has 2 aromatic rings. The lowest BCUT2D eigenvalue weighted by molar-refractivity contribution is -0.140. The maximum Gasteiger partial charge on any atom is 0.408 e. The van der Waals surface area contributed by atoms with Gasteiger partial charge in [-0.15, -0.1) is 6.58 Å². The Morgan fingerprint density at radius 1 is 1.05 bits per heavy atom. The van der Waals surface area contributed by atoms with Gasteiger partial charge in [-0.1, -0.05) is 48.5 Å². The number of anilines is 1. The van der Waals surface area contributed by atoms with Crippen LogP contribution in [0.15, 0.2) is 61.2 Å². The molecule has 0 aliphatic heterocycles. The molecule has 3 amide bonds. The van der Waals surface area contributed by atoms with Crippen molar-refractivity contribution in [3.05, 3.63) is 77.9 Å². The van der Waals surface area contributed by atoms with Crippen LogP contribution in [0.1, 0.15) is 49.9 Å². The van der Waals surface area contributed by atoms with E-state index >= 15 is 0 Å². The van der Waals surface area contributed by atoms with Gasteiger partial charge in [0.05, 0.1) is 0 Å². The molecule has 2 N–H and O–H groups in total. The van der Waals surface area contributed by atoms with E-state index in [1.54, 1.807) is 38.6 Å². The first-order valence-corrected chi connectivity index (χ1v) is 13.7. The number of para-hydroxylation sites is 1. The Morgan fingerprint density at radius 2 is 1.68 bits per heavy atom. The standard InChI is InChI=1S/C29H39N3O4S/c1-8-18-32(27(34)24(17-19-37-7)31-28(35)36-29(4,5)6)25(22-15-11-9-13-20(22)2)26(33)30-23-16-12-10-14-21(23)3/h8-16,24-25H,1,17-19H2,2-7H3,(H,30,33)(H,31,35). The number of rotatable bonds is 11. The van der Waals surface area contributed by atoms with Gasteiger partial charge in [-0.05, 0) is 75.8 Å². The van der Waals surface area contributed by atoms with Crippen LogP contribution < -0.4 is 10.6 Å². The summed E-state index contributed by atoms with van der Waals surface area (Å²) in [5.41, 5.74) is 2.43. The fourth-order valence-electron chi connectivity index (χ4n) is 3.86. The normalized spacial score (nSPS) is 12.7. The van der Waals surface area contributed by atoms with Crippen LogP contribution in [0.5, 0.6) is 0 Å². The summed E-state index contributed by atoms with van der Waals surface area (Å²) in [5.74, 6) is -0.0915. The fourth-order valence-corrected chi connectivity index (χ4v) is 4.33. The molecule has 2 atom stereocenters. The summed E-state index contributed by atoms with van der Waals surface area (Å²) in [6, 6.07) is 13.2. The van der Waals surface area contributed by atoms with E-state index in [1.165, 1.54) is 4.90 Å². The minimum Gasteiger partial charge on any atom is -0.444 e. The van der Waals surface area contributed by atoms with Crippen molar-refractivity contribution in [1.82, 2.24) is 10.2 Å². The Balaban J connectivity index is 2.50. The van der Waals surface area contributed by atoms with Crippen LogP contribution in [0.25, 0.3) is 0 Å². The molecule has 2 aromatic carbocycles. The first kappa shape index (κ1) is 30.0. The molecule has 0 fully saturated rings. The first-order chi connectivity index (χ1) is 17.5. The second-order valence-corrected chi connectivity index (χ2v) is 10.8. The van der Waals surface area contributed by atoms with E-state index < -0.39 is 23.8 Å². The lowest BCUT2D eigenvalue weighted by Crippen LogP contribution is -2.52. The molecule has 0 aliphatic rings. The van der Waals surface area contributed by atoms with Crippen LogP contribution in [0.4, 0.5) is 10.5 Å². The third kappa shape index (κ3) is 8.97. The summed E-state index contributed by atoms with van der Waals surface area (Å²) in [6.45, 7) is 13.1. The van der Waals surface area contributed by atoms with Crippen molar-refractivity contribution in [1.29, 1.82) is 0 Å². The number of nitrogens with one attached hydrogen (secondary N) is 2. The number of aryl methyl sites for hydroxylation is 2. The second kappa shape index (κ2) is 13.9. The molecule has 37 heavy (non-hydrogen) atoms. The number of alkyl carbamates (subject to hydrolysis) is 1. The van der Waals surface area contributed by atoms with Crippen molar-refractivity contribution in [3.63, 3.8) is 0 Å². The zero-order chi connectivity index (χ0) is 27.6. The van der Waals surface area contributed by atoms with E-state index in [4.69, 9.17) is 4.74 Å². The number of ether oxygens (including phenoxy) is 1. The number of carbonyl (C=O) groups is 3. The molecule has 0 saturated heterocycles. The highest BCUT2D eigenvalue weighted by atomic mass is 32.2. The zero-order valence-corrected chi connectivity index (χ0v) is 23.5. The van der Waals surface area contributed by atoms with Crippen molar-refractivity contribution in [2.24, 2.45) is 0 Å². The molecular weight excluding hydrogens is 486 g/mol. The average Bonchev–Trinajstić information content (AvgIpc) is 2.82. The van der Waals surface area contributed by atoms with E-state index in [-0.39, 0.29) is 18.4 Å². The van der Waals surface area contributed by atoms with Crippen LogP contribution in [0.3, 0.4) is 0 Å². The Hall–Kier alpha value is -3.26. The topological polar surface area (TPSA) is 87.7 Å². The van der Waals surface area contributed by atoms with E-state index in [0.29, 0.717) is 23.4 Å². The Kier molecular flexibility index (Phi) is 11.2. The van der Waals surface area contributed by atoms with Gasteiger partial charge in [-0.25, -0.2) is 4.79 Å². The minimum atomic E-state index is -0.941. The summed E-state index contributed by atoms with van der Waals surface area (Å²) >= 11 is 1.57. The van der Waals surface area contributed by atoms with Crippen LogP contribution in [-0.2, 0) is 14.3 Å². The van der Waals surface area contributed by atoms with Crippen molar-refractivity contribution in [2.45, 2.75) is 58.7 Å². The van der Waals surface area contributed by atoms with Crippen LogP contribution in [-0.4, -0.2) is 53.0 Å². The SMILES string of the molecule is C=CCN(C(=O)C(CCSC)NC(=O)OC(C)(C)C)C(C(=O)Nc1ccccc1C)c1ccccc1C. The van der Waals surface area contributed by atoms with Crippen molar-refractivity contribution >= 4 is 35.4 Å². The number of benzene rings is 2. The minimum absolute atomic E-state index is 0.116. The molecule has 0 heterocycles. The number of hydrogen-bond acceptors (Lipinski definition) is 5. The molecule has 0 saturated carbocycles. The van der Waals surface area contributed by atoms with Gasteiger partial charge in [-0.2, -0.15) is 11.8 Å². The van der Waals surface area contributed by atoms with Gasteiger partial charge < -0.3 is 20.3 Å². The van der Waals surface area contributed by atoms with Gasteiger partial charge in [0.25, 0.3) is 5.91 Å². The van der Waals surface area contributed by atoms with E-state index in [0.717, 1.165) is 11.1 Å². The highest BCUT2D eigenvalue weighted by molar-refractivity contribution is 7.98. The van der Waals surface area contributed by atoms with Crippen LogP contribution >= 0.6 is 11.8 Å². The third-order valence-electron chi connectivity index (χ3n) is 5.65. The smallest absolute Gasteiger partial charge is 0.408 e. The predicted octanol–water partition coefficient (Wildman–Crippen LogP) is 5.64. The molecule has 2 rings (SSSR count). The molecule has 0 aliphatic carbocycles. The number of amides is 3. The van der Waals surface area contributed by atoms with Gasteiger partial charge in [0.15, 0.2) is 0 Å². The molecule has 200 valence electrons. The highest BCUT2D eigenvalue weighted by Crippen LogP contribution is 2.28. The van der Waals surface area contributed by atoms with Crippen LogP contribution in [0, 0.1) is 13.8 Å². The number of nitrogens with zero attached hydrogens (tertiary/aromatic N) is 1. The molecule has 7 nitrogen and oxygen atoms in total. The Morgan fingerprint density at radius 3 is 2.24 bits per heavy atom. The van der Waals surface area contributed by atoms with Gasteiger partial charge in [0.2, 0.25) is 5.91 Å². The summed E-state index contributed by atoms with van der Waals surface area (Å²) in [6.07, 6.45) is 3.22. The van der Waals surface area contributed by atoms with Crippen molar-refractivity contribution < 1.29 is 19.1 Å². The zero-order valence-electron chi connectivity index (χ0n) is 22.7. The fraction of sp³-hybridized carbons (Fsp3) is 0.414. The summed E-state index contributed by atoms with van der Waals surface area (Å²) in [5, 5.41) is 5.73. The summed E-state index contributed by atoms with van der Waals surface area (Å²) in [4.78, 5) is 41.9. The lowest BCUT2D eigenvalue weighted by atomic mass is 9.97. The Labute approximate surface area is 225 Å². The van der Waals surface area contributed by atoms with E-state index in [9.17, 15) is 14.4 Å². The molecule has 0 bridgehead atoms. The number of hydrogen-bond donors (Lipinski definition) is 2. The number of carbonyl (C=O) groups excluding carboxylic acids is 3. The van der Waals surface area contributed by atoms with E-state index in [2.05, 4.69) is 17.2 Å². The maximum absolute atomic E-state index is 14.0. The quantitative estimate of drug-likeness (QED) is 0.371. The molecule has 0 radical (unpaired) electrons. The van der Waals surface area contributed by atoms with Gasteiger partial charge in [-0.3, -0.25) is 9.59 Å². The van der Waals surface area contributed by atoms with Crippen molar-refractivity contribution in [3.8, 4) is 0 Å². The van der Waals surface area contributed by atoms with Crippen LogP contribution in [0.2, 0.25) is 0 Å². The Bertz CT molecular complexity index is 1100. The monoisotopic (exact) mass is 525 g/mol. The van der Waals surface area contributed by atoms with Crippen molar-refractivity contribution in [2.75, 3.05) is 23.9 Å². The average molecular weight is 526 g/mol. The van der Waals surface area contributed by atoms with Gasteiger partial charge in [0, 0.05) is 12.2 Å². The number of thioether (sulfide) groups is 1. The van der Waals surface area contributed by atoms with Gasteiger partial charge >= 0.3 is 6.09 Å².